The zero-order chi connectivity index (χ0) is 31.2. The van der Waals surface area contributed by atoms with Crippen molar-refractivity contribution >= 4 is 43.8 Å². The molecule has 4 aliphatic rings. The van der Waals surface area contributed by atoms with Gasteiger partial charge in [-0.05, 0) is 50.4 Å². The number of aromatic amines is 1. The maximum absolute atomic E-state index is 13.8. The molecule has 3 heterocycles. The monoisotopic (exact) mass is 731 g/mol. The molecule has 0 amide bonds. The molecule has 43 heavy (non-hydrogen) atoms. The van der Waals surface area contributed by atoms with Gasteiger partial charge in [-0.2, -0.15) is 0 Å². The summed E-state index contributed by atoms with van der Waals surface area (Å²) in [5.41, 5.74) is -0.123. The largest absolute Gasteiger partial charge is 0.459 e. The Bertz CT molecular complexity index is 1250. The van der Waals surface area contributed by atoms with E-state index in [4.69, 9.17) is 28.4 Å². The summed E-state index contributed by atoms with van der Waals surface area (Å²) in [4.78, 5) is 30.1. The number of methoxy groups -OCH3 is 3. The highest BCUT2D eigenvalue weighted by atomic mass is 79.9. The van der Waals surface area contributed by atoms with Crippen molar-refractivity contribution < 1.29 is 48.2 Å². The van der Waals surface area contributed by atoms with Crippen LogP contribution in [0.15, 0.2) is 38.9 Å². The average Bonchev–Trinajstić information content (AvgIpc) is 3.40. The number of aromatic nitrogens is 1. The molecule has 0 radical (unpaired) electrons. The Morgan fingerprint density at radius 1 is 1.16 bits per heavy atom. The average molecular weight is 733 g/mol. The summed E-state index contributed by atoms with van der Waals surface area (Å²) in [7, 11) is 4.51. The fraction of sp³-hybridized carbons (Fsp3) is 0.667. The van der Waals surface area contributed by atoms with Crippen LogP contribution in [0.1, 0.15) is 24.3 Å². The van der Waals surface area contributed by atoms with E-state index in [0.29, 0.717) is 9.08 Å². The number of hydrogen-bond donors (Lipinski definition) is 3. The summed E-state index contributed by atoms with van der Waals surface area (Å²) in [6, 6.07) is 1.62. The van der Waals surface area contributed by atoms with Crippen LogP contribution in [0.3, 0.4) is 0 Å². The molecular weight excluding hydrogens is 694 g/mol. The first-order chi connectivity index (χ1) is 20.5. The summed E-state index contributed by atoms with van der Waals surface area (Å²) in [6.07, 6.45) is 1.42. The van der Waals surface area contributed by atoms with Gasteiger partial charge in [0, 0.05) is 50.9 Å². The van der Waals surface area contributed by atoms with Crippen LogP contribution in [0.4, 0.5) is 0 Å². The van der Waals surface area contributed by atoms with Crippen molar-refractivity contribution in [3.8, 4) is 0 Å². The predicted octanol–water partition coefficient (Wildman–Crippen LogP) is 3.04. The highest BCUT2D eigenvalue weighted by molar-refractivity contribution is 9.13. The summed E-state index contributed by atoms with van der Waals surface area (Å²) in [5, 5.41) is 23.0. The number of esters is 2. The van der Waals surface area contributed by atoms with Crippen molar-refractivity contribution in [1.29, 1.82) is 0 Å². The third-order valence-corrected chi connectivity index (χ3v) is 11.2. The maximum atomic E-state index is 13.8. The minimum atomic E-state index is -1.15. The predicted molar refractivity (Wildman–Crippen MR) is 160 cm³/mol. The summed E-state index contributed by atoms with van der Waals surface area (Å²) in [6.45, 7) is 3.93. The fourth-order valence-electron chi connectivity index (χ4n) is 7.70. The summed E-state index contributed by atoms with van der Waals surface area (Å²) < 4.78 is 36.6. The lowest BCUT2D eigenvalue weighted by Crippen LogP contribution is -2.59. The molecule has 3 N–H and O–H groups in total. The molecular formula is C30H39Br2NO10. The molecule has 2 aliphatic heterocycles. The van der Waals surface area contributed by atoms with Gasteiger partial charge in [0.05, 0.1) is 40.9 Å². The number of H-pyrrole nitrogens is 1. The number of carbonyl (C=O) groups excluding carboxylic acids is 2. The second-order valence-electron chi connectivity index (χ2n) is 11.9. The molecule has 0 aromatic carbocycles. The Balaban J connectivity index is 1.60. The Morgan fingerprint density at radius 2 is 1.88 bits per heavy atom. The third-order valence-electron chi connectivity index (χ3n) is 9.45. The van der Waals surface area contributed by atoms with Gasteiger partial charge in [0.2, 0.25) is 0 Å². The smallest absolute Gasteiger partial charge is 0.355 e. The number of hydrogen-bond acceptors (Lipinski definition) is 10. The third kappa shape index (κ3) is 5.58. The van der Waals surface area contributed by atoms with Gasteiger partial charge in [0.25, 0.3) is 0 Å². The van der Waals surface area contributed by atoms with Gasteiger partial charge in [-0.3, -0.25) is 4.79 Å². The van der Waals surface area contributed by atoms with E-state index < -0.39 is 77.6 Å². The molecule has 2 fully saturated rings. The van der Waals surface area contributed by atoms with E-state index in [-0.39, 0.29) is 31.4 Å². The number of aliphatic hydroxyl groups is 2. The van der Waals surface area contributed by atoms with Crippen molar-refractivity contribution in [1.82, 2.24) is 4.98 Å². The van der Waals surface area contributed by atoms with Crippen LogP contribution in [0, 0.1) is 35.5 Å². The van der Waals surface area contributed by atoms with Crippen molar-refractivity contribution in [3.63, 3.8) is 0 Å². The molecule has 2 aliphatic carbocycles. The molecule has 4 bridgehead atoms. The van der Waals surface area contributed by atoms with E-state index >= 15 is 0 Å². The van der Waals surface area contributed by atoms with Gasteiger partial charge in [0.15, 0.2) is 0 Å². The number of carbonyl (C=O) groups is 2. The van der Waals surface area contributed by atoms with Gasteiger partial charge in [-0.25, -0.2) is 4.79 Å². The van der Waals surface area contributed by atoms with Crippen molar-refractivity contribution in [2.75, 3.05) is 41.2 Å². The molecule has 5 rings (SSSR count). The molecule has 12 atom stereocenters. The minimum absolute atomic E-state index is 0.0136. The zero-order valence-electron chi connectivity index (χ0n) is 24.7. The topological polar surface area (TPSA) is 146 Å². The van der Waals surface area contributed by atoms with Crippen LogP contribution in [0.25, 0.3) is 0 Å². The van der Waals surface area contributed by atoms with Gasteiger partial charge in [0.1, 0.15) is 35.7 Å². The standard InChI is InChI=1S/C30H39Br2NO10/c1-13-8-14(2)30-18(16(10-38-3)28(36)41-24(13)21(34)12-40-5)7-6-15-22(30)23(35)17(11-39-4)25(26(15)43-30)42-29(37)20-9-19(31)27(32)33-20/h6-9,13,15-18,21-26,33-35H,10-12H2,1-5H3/b14-8+/t13-,15-,16-,17-,18-,21-,22+,23-,24+,25-,26-,30+/m1/s1. The number of aliphatic hydroxyl groups excluding tert-OH is 2. The van der Waals surface area contributed by atoms with Gasteiger partial charge >= 0.3 is 11.9 Å². The molecule has 11 nitrogen and oxygen atoms in total. The molecule has 1 aromatic heterocycles. The van der Waals surface area contributed by atoms with Crippen LogP contribution in [0.5, 0.6) is 0 Å². The lowest BCUT2D eigenvalue weighted by molar-refractivity contribution is -0.173. The van der Waals surface area contributed by atoms with Crippen LogP contribution >= 0.6 is 31.9 Å². The molecule has 1 saturated carbocycles. The molecule has 238 valence electrons. The maximum Gasteiger partial charge on any atom is 0.355 e. The fourth-order valence-corrected chi connectivity index (χ4v) is 8.36. The number of rotatable bonds is 9. The lowest BCUT2D eigenvalue weighted by atomic mass is 9.56. The van der Waals surface area contributed by atoms with E-state index in [0.717, 1.165) is 5.57 Å². The highest BCUT2D eigenvalue weighted by Crippen LogP contribution is 2.62. The van der Waals surface area contributed by atoms with Crippen LogP contribution in [-0.4, -0.2) is 104 Å². The molecule has 13 heteroatoms. The summed E-state index contributed by atoms with van der Waals surface area (Å²) >= 11 is 6.74. The Morgan fingerprint density at radius 3 is 2.51 bits per heavy atom. The van der Waals surface area contributed by atoms with Crippen LogP contribution in [0.2, 0.25) is 0 Å². The quantitative estimate of drug-likeness (QED) is 0.256. The molecule has 0 unspecified atom stereocenters. The first-order valence-corrected chi connectivity index (χ1v) is 15.9. The van der Waals surface area contributed by atoms with E-state index in [1.165, 1.54) is 21.3 Å². The highest BCUT2D eigenvalue weighted by Gasteiger charge is 2.71. The Kier molecular flexibility index (Phi) is 9.94. The van der Waals surface area contributed by atoms with Crippen LogP contribution in [-0.2, 0) is 33.2 Å². The normalized spacial score (nSPS) is 40.4. The Hall–Kier alpha value is -1.58. The molecule has 1 saturated heterocycles. The van der Waals surface area contributed by atoms with Crippen molar-refractivity contribution in [3.05, 3.63) is 44.6 Å². The number of ether oxygens (including phenoxy) is 6. The number of nitrogens with one attached hydrogen (secondary N) is 1. The van der Waals surface area contributed by atoms with Gasteiger partial charge in [-0.1, -0.05) is 25.2 Å². The van der Waals surface area contributed by atoms with Gasteiger partial charge < -0.3 is 43.6 Å². The van der Waals surface area contributed by atoms with Crippen molar-refractivity contribution in [2.45, 2.75) is 50.0 Å². The second-order valence-corrected chi connectivity index (χ2v) is 13.6. The van der Waals surface area contributed by atoms with E-state index in [1.807, 2.05) is 32.1 Å². The SMILES string of the molecule is COC[C@@H]1[C@@H](O)[C@@H]2[C@H]3C=C[C@@H]4[C@@H](COC)C(=O)O[C@H]([C@H](O)COC)[C@H](C)/C=C(\C)[C@@]24O[C@H]3[C@@H]1OC(=O)c1cc(Br)c(Br)[nH]1. The first-order valence-electron chi connectivity index (χ1n) is 14.3. The lowest BCUT2D eigenvalue weighted by Gasteiger charge is -2.49. The first kappa shape index (κ1) is 32.8. The van der Waals surface area contributed by atoms with Crippen molar-refractivity contribution in [2.24, 2.45) is 35.5 Å². The zero-order valence-corrected chi connectivity index (χ0v) is 27.9. The van der Waals surface area contributed by atoms with Gasteiger partial charge in [-0.15, -0.1) is 0 Å². The molecule has 1 spiro atoms. The number of halogens is 2. The minimum Gasteiger partial charge on any atom is -0.459 e. The Labute approximate surface area is 267 Å². The molecule has 1 aromatic rings. The van der Waals surface area contributed by atoms with E-state index in [2.05, 4.69) is 36.8 Å². The van der Waals surface area contributed by atoms with Crippen LogP contribution < -0.4 is 0 Å². The van der Waals surface area contributed by atoms with E-state index in [9.17, 15) is 19.8 Å². The van der Waals surface area contributed by atoms with E-state index in [1.54, 1.807) is 6.07 Å². The number of cyclic esters (lactones) is 1. The second kappa shape index (κ2) is 13.0. The summed E-state index contributed by atoms with van der Waals surface area (Å²) in [5.74, 6) is -4.33.